The van der Waals surface area contributed by atoms with Crippen LogP contribution in [0.1, 0.15) is 27.2 Å². The van der Waals surface area contributed by atoms with Crippen LogP contribution in [0.15, 0.2) is 4.99 Å². The molecule has 124 valence electrons. The van der Waals surface area contributed by atoms with Gasteiger partial charge in [-0.2, -0.15) is 9.93 Å². The van der Waals surface area contributed by atoms with Crippen molar-refractivity contribution in [2.45, 2.75) is 42.9 Å². The van der Waals surface area contributed by atoms with Gasteiger partial charge in [0.1, 0.15) is 0 Å². The number of aliphatic imine (C=N–C) groups is 1. The topological polar surface area (TPSA) is 29.4 Å². The summed E-state index contributed by atoms with van der Waals surface area (Å²) in [6.45, 7) is 6.99. The van der Waals surface area contributed by atoms with Gasteiger partial charge in [-0.15, -0.1) is 10.8 Å². The first-order valence-corrected chi connectivity index (χ1v) is 14.0. The Morgan fingerprint density at radius 2 is 2.10 bits per heavy atom. The molecule has 2 unspecified atom stereocenters. The third-order valence-corrected chi connectivity index (χ3v) is 12.8. The molecule has 0 rings (SSSR count). The number of hydrogen-bond acceptors (Lipinski definition) is 7. The van der Waals surface area contributed by atoms with E-state index in [1.54, 1.807) is 17.7 Å². The van der Waals surface area contributed by atoms with E-state index in [-0.39, 0.29) is 15.0 Å². The Hall–Kier alpha value is 1.22. The van der Waals surface area contributed by atoms with Gasteiger partial charge in [-0.1, -0.05) is 47.2 Å². The van der Waals surface area contributed by atoms with Crippen LogP contribution in [0.3, 0.4) is 0 Å². The molecule has 21 heavy (non-hydrogen) atoms. The first-order chi connectivity index (χ1) is 10.0. The fraction of sp³-hybridized carbons (Fsp3) is 0.846. The number of thioether (sulfide) groups is 1. The van der Waals surface area contributed by atoms with Crippen LogP contribution in [0.25, 0.3) is 0 Å². The van der Waals surface area contributed by atoms with Crippen LogP contribution >= 0.6 is 66.3 Å². The van der Waals surface area contributed by atoms with Gasteiger partial charge in [-0.3, -0.25) is 4.79 Å². The van der Waals surface area contributed by atoms with Crippen molar-refractivity contribution in [2.75, 3.05) is 24.8 Å². The van der Waals surface area contributed by atoms with E-state index in [2.05, 4.69) is 36.5 Å². The largest absolute Gasteiger partial charge is 0.288 e. The fourth-order valence-electron chi connectivity index (χ4n) is 1.91. The molecule has 0 aliphatic heterocycles. The lowest BCUT2D eigenvalue weighted by Crippen LogP contribution is -2.27. The van der Waals surface area contributed by atoms with Crippen LogP contribution in [-0.2, 0) is 4.79 Å². The molecular formula is C13H25NOS6. The predicted molar refractivity (Wildman–Crippen MR) is 114 cm³/mol. The highest BCUT2D eigenvalue weighted by atomic mass is 33.1. The molecule has 4 atom stereocenters. The van der Waals surface area contributed by atoms with E-state index in [1.807, 2.05) is 21.6 Å². The zero-order valence-electron chi connectivity index (χ0n) is 13.2. The van der Waals surface area contributed by atoms with E-state index in [0.29, 0.717) is 15.7 Å². The molecule has 0 saturated carbocycles. The van der Waals surface area contributed by atoms with E-state index in [4.69, 9.17) is 12.2 Å². The van der Waals surface area contributed by atoms with Crippen LogP contribution in [0, 0.1) is 0 Å². The molecule has 8 heteroatoms. The van der Waals surface area contributed by atoms with Crippen molar-refractivity contribution in [2.24, 2.45) is 4.99 Å². The van der Waals surface area contributed by atoms with Gasteiger partial charge in [0, 0.05) is 28.4 Å². The van der Waals surface area contributed by atoms with Crippen molar-refractivity contribution < 1.29 is 4.79 Å². The van der Waals surface area contributed by atoms with Crippen LogP contribution in [-0.4, -0.2) is 50.8 Å². The van der Waals surface area contributed by atoms with E-state index in [1.165, 1.54) is 11.8 Å². The van der Waals surface area contributed by atoms with Gasteiger partial charge in [-0.25, -0.2) is 4.99 Å². The van der Waals surface area contributed by atoms with Crippen LogP contribution in [0.4, 0.5) is 0 Å². The minimum absolute atomic E-state index is 0.199. The SMILES string of the molecule is CC[C@H](CN=C=S)[SH](SC)C(C)[C@H](CSC(C)=O)SSC. The predicted octanol–water partition coefficient (Wildman–Crippen LogP) is 5.20. The molecule has 0 aliphatic rings. The molecule has 0 amide bonds. The van der Waals surface area contributed by atoms with E-state index < -0.39 is 0 Å². The van der Waals surface area contributed by atoms with Gasteiger partial charge < -0.3 is 0 Å². The standard InChI is InChI=1S/C13H25NOS6/c1-6-12(7-14-9-16)21(18-5)10(2)13(20-17-4)8-19-11(3)15/h10,12-13,21H,6-8H2,1-5H3/t10?,12-,13+/m1/s1. The van der Waals surface area contributed by atoms with Gasteiger partial charge in [0.2, 0.25) is 0 Å². The molecule has 0 saturated heterocycles. The quantitative estimate of drug-likeness (QED) is 0.221. The molecule has 0 aromatic rings. The molecule has 0 aromatic carbocycles. The highest BCUT2D eigenvalue weighted by Gasteiger charge is 2.28. The van der Waals surface area contributed by atoms with Crippen molar-refractivity contribution in [3.8, 4) is 0 Å². The summed E-state index contributed by atoms with van der Waals surface area (Å²) in [4.78, 5) is 15.4. The van der Waals surface area contributed by atoms with Crippen molar-refractivity contribution in [1.29, 1.82) is 0 Å². The maximum Gasteiger partial charge on any atom is 0.185 e. The minimum Gasteiger partial charge on any atom is -0.288 e. The lowest BCUT2D eigenvalue weighted by atomic mass is 10.3. The first kappa shape index (κ1) is 22.2. The Labute approximate surface area is 153 Å². The molecule has 0 aromatic heterocycles. The highest BCUT2D eigenvalue weighted by Crippen LogP contribution is 2.52. The summed E-state index contributed by atoms with van der Waals surface area (Å²) < 4.78 is 0. The smallest absolute Gasteiger partial charge is 0.185 e. The summed E-state index contributed by atoms with van der Waals surface area (Å²) in [6, 6.07) is 0. The number of thiol groups is 1. The number of hydrogen-bond donors (Lipinski definition) is 1. The third-order valence-electron chi connectivity index (χ3n) is 3.02. The summed E-state index contributed by atoms with van der Waals surface area (Å²) in [5.74, 6) is 0.897. The Balaban J connectivity index is 4.90. The molecule has 0 fully saturated rings. The maximum atomic E-state index is 11.3. The number of thiocarbonyl (C=S) groups is 1. The van der Waals surface area contributed by atoms with Crippen molar-refractivity contribution >= 4 is 76.6 Å². The summed E-state index contributed by atoms with van der Waals surface area (Å²) in [5.41, 5.74) is 0. The van der Waals surface area contributed by atoms with E-state index in [9.17, 15) is 4.79 Å². The van der Waals surface area contributed by atoms with Crippen LogP contribution < -0.4 is 0 Å². The van der Waals surface area contributed by atoms with E-state index in [0.717, 1.165) is 18.7 Å². The molecular weight excluding hydrogens is 379 g/mol. The van der Waals surface area contributed by atoms with Crippen LogP contribution in [0.5, 0.6) is 0 Å². The number of rotatable bonds is 11. The maximum absolute atomic E-state index is 11.3. The van der Waals surface area contributed by atoms with Gasteiger partial charge >= 0.3 is 0 Å². The van der Waals surface area contributed by atoms with Gasteiger partial charge in [0.25, 0.3) is 0 Å². The Morgan fingerprint density at radius 1 is 1.43 bits per heavy atom. The number of nitrogens with zero attached hydrogens (tertiary/aromatic N) is 1. The number of carbonyl (C=O) groups excluding carboxylic acids is 1. The molecule has 0 heterocycles. The molecule has 0 bridgehead atoms. The Morgan fingerprint density at radius 3 is 2.52 bits per heavy atom. The lowest BCUT2D eigenvalue weighted by Gasteiger charge is -2.36. The van der Waals surface area contributed by atoms with Crippen LogP contribution in [0.2, 0.25) is 0 Å². The number of isothiocyanates is 1. The average molecular weight is 404 g/mol. The van der Waals surface area contributed by atoms with Crippen molar-refractivity contribution in [3.05, 3.63) is 0 Å². The highest BCUT2D eigenvalue weighted by molar-refractivity contribution is 8.85. The second-order valence-electron chi connectivity index (χ2n) is 4.38. The summed E-state index contributed by atoms with van der Waals surface area (Å²) in [6.07, 6.45) is 5.43. The van der Waals surface area contributed by atoms with Crippen molar-refractivity contribution in [3.63, 3.8) is 0 Å². The zero-order valence-corrected chi connectivity index (χ0v) is 18.2. The van der Waals surface area contributed by atoms with Gasteiger partial charge in [-0.05, 0) is 31.2 Å². The molecule has 2 nitrogen and oxygen atoms in total. The lowest BCUT2D eigenvalue weighted by molar-refractivity contribution is -0.109. The third kappa shape index (κ3) is 9.18. The Bertz CT molecular complexity index is 348. The molecule has 0 N–H and O–H groups in total. The second-order valence-corrected chi connectivity index (χ2v) is 13.5. The second kappa shape index (κ2) is 13.6. The molecule has 0 spiro atoms. The molecule has 0 radical (unpaired) electrons. The van der Waals surface area contributed by atoms with Gasteiger partial charge in [0.05, 0.1) is 11.7 Å². The summed E-state index contributed by atoms with van der Waals surface area (Å²) in [7, 11) is 5.47. The average Bonchev–Trinajstić information content (AvgIpc) is 2.47. The monoisotopic (exact) mass is 403 g/mol. The normalized spacial score (nSPS) is 17.5. The Kier molecular flexibility index (Phi) is 14.4. The minimum atomic E-state index is -0.199. The zero-order chi connectivity index (χ0) is 16.3. The van der Waals surface area contributed by atoms with Gasteiger partial charge in [0.15, 0.2) is 5.12 Å². The summed E-state index contributed by atoms with van der Waals surface area (Å²) >= 11 is 6.15. The number of carbonyl (C=O) groups is 1. The van der Waals surface area contributed by atoms with E-state index >= 15 is 0 Å². The molecule has 0 aliphatic carbocycles. The fourth-order valence-corrected chi connectivity index (χ4v) is 11.8. The summed E-state index contributed by atoms with van der Waals surface area (Å²) in [5, 5.41) is 4.37. The van der Waals surface area contributed by atoms with Crippen molar-refractivity contribution in [1.82, 2.24) is 0 Å². The first-order valence-electron chi connectivity index (χ1n) is 6.70.